The van der Waals surface area contributed by atoms with Crippen LogP contribution in [0.2, 0.25) is 0 Å². The fraction of sp³-hybridized carbons (Fsp3) is 0.235. The van der Waals surface area contributed by atoms with Crippen molar-refractivity contribution in [2.75, 3.05) is 6.61 Å². The Morgan fingerprint density at radius 1 is 1.24 bits per heavy atom. The molecule has 0 radical (unpaired) electrons. The summed E-state index contributed by atoms with van der Waals surface area (Å²) in [6, 6.07) is 13.4. The standard InChI is InChI=1S/C17H18BrNO2/c1-3-21-14-7-4-6-13(10-14)11-19-17(20)15-8-5-9-16(18)12(15)2/h4-10H,3,11H2,1-2H3,(H,19,20). The van der Waals surface area contributed by atoms with Gasteiger partial charge >= 0.3 is 0 Å². The second-order valence-electron chi connectivity index (χ2n) is 4.68. The Labute approximate surface area is 133 Å². The molecular weight excluding hydrogens is 330 g/mol. The number of hydrogen-bond donors (Lipinski definition) is 1. The molecule has 0 fully saturated rings. The van der Waals surface area contributed by atoms with Crippen LogP contribution in [0.4, 0.5) is 0 Å². The summed E-state index contributed by atoms with van der Waals surface area (Å²) in [5.74, 6) is 0.749. The van der Waals surface area contributed by atoms with Crippen LogP contribution in [0.5, 0.6) is 5.75 Å². The molecule has 21 heavy (non-hydrogen) atoms. The van der Waals surface area contributed by atoms with E-state index in [1.165, 1.54) is 0 Å². The van der Waals surface area contributed by atoms with Gasteiger partial charge in [-0.1, -0.05) is 34.1 Å². The molecule has 4 heteroatoms. The van der Waals surface area contributed by atoms with Crippen molar-refractivity contribution in [2.24, 2.45) is 0 Å². The van der Waals surface area contributed by atoms with Crippen LogP contribution in [-0.2, 0) is 6.54 Å². The van der Waals surface area contributed by atoms with Crippen molar-refractivity contribution in [1.29, 1.82) is 0 Å². The molecule has 2 rings (SSSR count). The Balaban J connectivity index is 2.04. The van der Waals surface area contributed by atoms with Gasteiger partial charge in [-0.2, -0.15) is 0 Å². The third-order valence-electron chi connectivity index (χ3n) is 3.17. The highest BCUT2D eigenvalue weighted by Crippen LogP contribution is 2.19. The van der Waals surface area contributed by atoms with Gasteiger partial charge in [0.2, 0.25) is 0 Å². The third kappa shape index (κ3) is 4.08. The number of nitrogens with one attached hydrogen (secondary N) is 1. The number of carbonyl (C=O) groups excluding carboxylic acids is 1. The first-order valence-electron chi connectivity index (χ1n) is 6.87. The van der Waals surface area contributed by atoms with Crippen molar-refractivity contribution in [1.82, 2.24) is 5.32 Å². The molecule has 0 unspecified atom stereocenters. The molecule has 0 saturated heterocycles. The number of rotatable bonds is 5. The highest BCUT2D eigenvalue weighted by Gasteiger charge is 2.10. The van der Waals surface area contributed by atoms with Crippen LogP contribution < -0.4 is 10.1 Å². The zero-order valence-corrected chi connectivity index (χ0v) is 13.7. The molecular formula is C17H18BrNO2. The highest BCUT2D eigenvalue weighted by molar-refractivity contribution is 9.10. The van der Waals surface area contributed by atoms with E-state index >= 15 is 0 Å². The predicted octanol–water partition coefficient (Wildman–Crippen LogP) is 4.09. The third-order valence-corrected chi connectivity index (χ3v) is 4.03. The van der Waals surface area contributed by atoms with Crippen LogP contribution in [0, 0.1) is 6.92 Å². The lowest BCUT2D eigenvalue weighted by Crippen LogP contribution is -2.23. The molecule has 0 heterocycles. The second-order valence-corrected chi connectivity index (χ2v) is 5.53. The first-order valence-corrected chi connectivity index (χ1v) is 7.66. The van der Waals surface area contributed by atoms with E-state index in [2.05, 4.69) is 21.2 Å². The van der Waals surface area contributed by atoms with E-state index in [0.717, 1.165) is 21.3 Å². The van der Waals surface area contributed by atoms with Crippen molar-refractivity contribution in [3.63, 3.8) is 0 Å². The van der Waals surface area contributed by atoms with E-state index in [-0.39, 0.29) is 5.91 Å². The van der Waals surface area contributed by atoms with Gasteiger partial charge in [0, 0.05) is 16.6 Å². The molecule has 110 valence electrons. The normalized spacial score (nSPS) is 10.2. The summed E-state index contributed by atoms with van der Waals surface area (Å²) in [6.07, 6.45) is 0. The lowest BCUT2D eigenvalue weighted by molar-refractivity contribution is 0.0950. The van der Waals surface area contributed by atoms with Gasteiger partial charge in [0.05, 0.1) is 6.61 Å². The quantitative estimate of drug-likeness (QED) is 0.884. The summed E-state index contributed by atoms with van der Waals surface area (Å²) in [4.78, 5) is 12.2. The summed E-state index contributed by atoms with van der Waals surface area (Å²) in [7, 11) is 0. The number of benzene rings is 2. The van der Waals surface area contributed by atoms with Crippen LogP contribution in [0.25, 0.3) is 0 Å². The molecule has 1 amide bonds. The fourth-order valence-electron chi connectivity index (χ4n) is 2.04. The van der Waals surface area contributed by atoms with Gasteiger partial charge in [-0.25, -0.2) is 0 Å². The zero-order chi connectivity index (χ0) is 15.2. The van der Waals surface area contributed by atoms with Gasteiger partial charge in [-0.3, -0.25) is 4.79 Å². The number of carbonyl (C=O) groups is 1. The van der Waals surface area contributed by atoms with E-state index in [0.29, 0.717) is 18.7 Å². The minimum Gasteiger partial charge on any atom is -0.494 e. The summed E-state index contributed by atoms with van der Waals surface area (Å²) in [6.45, 7) is 4.98. The van der Waals surface area contributed by atoms with Gasteiger partial charge in [0.15, 0.2) is 0 Å². The van der Waals surface area contributed by atoms with Crippen molar-refractivity contribution < 1.29 is 9.53 Å². The van der Waals surface area contributed by atoms with E-state index < -0.39 is 0 Å². The van der Waals surface area contributed by atoms with E-state index in [9.17, 15) is 4.79 Å². The molecule has 3 nitrogen and oxygen atoms in total. The molecule has 0 atom stereocenters. The molecule has 2 aromatic rings. The molecule has 0 bridgehead atoms. The molecule has 0 aliphatic carbocycles. The average molecular weight is 348 g/mol. The van der Waals surface area contributed by atoms with Gasteiger partial charge in [0.1, 0.15) is 5.75 Å². The van der Waals surface area contributed by atoms with Gasteiger partial charge in [0.25, 0.3) is 5.91 Å². The molecule has 1 N–H and O–H groups in total. The minimum absolute atomic E-state index is 0.0735. The average Bonchev–Trinajstić information content (AvgIpc) is 2.48. The number of amides is 1. The fourth-order valence-corrected chi connectivity index (χ4v) is 2.41. The second kappa shape index (κ2) is 7.27. The van der Waals surface area contributed by atoms with Gasteiger partial charge in [-0.15, -0.1) is 0 Å². The minimum atomic E-state index is -0.0735. The van der Waals surface area contributed by atoms with Crippen LogP contribution in [-0.4, -0.2) is 12.5 Å². The molecule has 0 saturated carbocycles. The Kier molecular flexibility index (Phi) is 5.39. The van der Waals surface area contributed by atoms with Crippen molar-refractivity contribution in [2.45, 2.75) is 20.4 Å². The highest BCUT2D eigenvalue weighted by atomic mass is 79.9. The van der Waals surface area contributed by atoms with E-state index in [1.807, 2.05) is 56.3 Å². The van der Waals surface area contributed by atoms with Gasteiger partial charge in [-0.05, 0) is 49.2 Å². The maximum absolute atomic E-state index is 12.2. The van der Waals surface area contributed by atoms with E-state index in [1.54, 1.807) is 0 Å². The summed E-state index contributed by atoms with van der Waals surface area (Å²) < 4.78 is 6.39. The Bertz CT molecular complexity index is 640. The predicted molar refractivity (Wildman–Crippen MR) is 87.7 cm³/mol. The molecule has 2 aromatic carbocycles. The Morgan fingerprint density at radius 2 is 2.00 bits per heavy atom. The van der Waals surface area contributed by atoms with Gasteiger partial charge < -0.3 is 10.1 Å². The lowest BCUT2D eigenvalue weighted by Gasteiger charge is -2.10. The molecule has 0 aliphatic heterocycles. The Hall–Kier alpha value is -1.81. The molecule has 0 aromatic heterocycles. The van der Waals surface area contributed by atoms with Crippen molar-refractivity contribution in [3.8, 4) is 5.75 Å². The smallest absolute Gasteiger partial charge is 0.251 e. The SMILES string of the molecule is CCOc1cccc(CNC(=O)c2cccc(Br)c2C)c1. The van der Waals surface area contributed by atoms with Crippen LogP contribution >= 0.6 is 15.9 Å². The molecule has 0 spiro atoms. The summed E-state index contributed by atoms with van der Waals surface area (Å²) in [5.41, 5.74) is 2.64. The lowest BCUT2D eigenvalue weighted by atomic mass is 10.1. The Morgan fingerprint density at radius 3 is 2.76 bits per heavy atom. The number of hydrogen-bond acceptors (Lipinski definition) is 2. The first kappa shape index (κ1) is 15.6. The molecule has 0 aliphatic rings. The van der Waals surface area contributed by atoms with Crippen LogP contribution in [0.1, 0.15) is 28.4 Å². The summed E-state index contributed by atoms with van der Waals surface area (Å²) >= 11 is 3.44. The maximum atomic E-state index is 12.2. The zero-order valence-electron chi connectivity index (χ0n) is 12.2. The van der Waals surface area contributed by atoms with Crippen molar-refractivity contribution in [3.05, 3.63) is 63.6 Å². The van der Waals surface area contributed by atoms with Crippen molar-refractivity contribution >= 4 is 21.8 Å². The maximum Gasteiger partial charge on any atom is 0.251 e. The monoisotopic (exact) mass is 347 g/mol. The largest absolute Gasteiger partial charge is 0.494 e. The number of ether oxygens (including phenoxy) is 1. The number of halogens is 1. The summed E-state index contributed by atoms with van der Waals surface area (Å²) in [5, 5.41) is 2.94. The van der Waals surface area contributed by atoms with Crippen LogP contribution in [0.15, 0.2) is 46.9 Å². The van der Waals surface area contributed by atoms with Crippen LogP contribution in [0.3, 0.4) is 0 Å². The van der Waals surface area contributed by atoms with E-state index in [4.69, 9.17) is 4.74 Å². The topological polar surface area (TPSA) is 38.3 Å². The first-order chi connectivity index (χ1) is 10.1.